The molecule has 158 valence electrons. The van der Waals surface area contributed by atoms with Crippen molar-refractivity contribution in [1.29, 1.82) is 0 Å². The van der Waals surface area contributed by atoms with Gasteiger partial charge in [-0.1, -0.05) is 36.0 Å². The van der Waals surface area contributed by atoms with Crippen molar-refractivity contribution >= 4 is 39.8 Å². The summed E-state index contributed by atoms with van der Waals surface area (Å²) in [4.78, 5) is 17.9. The van der Waals surface area contributed by atoms with Crippen LogP contribution in [0.3, 0.4) is 0 Å². The molecule has 0 saturated heterocycles. The van der Waals surface area contributed by atoms with Crippen molar-refractivity contribution in [2.75, 3.05) is 4.90 Å². The van der Waals surface area contributed by atoms with Crippen molar-refractivity contribution in [3.8, 4) is 11.4 Å². The Balaban J connectivity index is 1.52. The van der Waals surface area contributed by atoms with Crippen molar-refractivity contribution in [1.82, 2.24) is 19.7 Å². The molecule has 0 N–H and O–H groups in total. The Hall–Kier alpha value is -3.11. The van der Waals surface area contributed by atoms with Crippen LogP contribution in [0.15, 0.2) is 59.1 Å². The van der Waals surface area contributed by atoms with E-state index in [0.29, 0.717) is 33.1 Å². The maximum atomic E-state index is 14.2. The van der Waals surface area contributed by atoms with Crippen LogP contribution in [0.2, 0.25) is 0 Å². The van der Waals surface area contributed by atoms with E-state index in [9.17, 15) is 13.6 Å². The normalized spacial score (nSPS) is 11.0. The highest BCUT2D eigenvalue weighted by Crippen LogP contribution is 2.33. The number of thioether (sulfide) groups is 1. The van der Waals surface area contributed by atoms with Crippen molar-refractivity contribution < 1.29 is 13.6 Å². The fourth-order valence-corrected chi connectivity index (χ4v) is 4.75. The Morgan fingerprint density at radius 2 is 1.81 bits per heavy atom. The number of halogens is 2. The molecular formula is C21H17F2N5OS2. The van der Waals surface area contributed by atoms with Gasteiger partial charge in [-0.25, -0.2) is 13.8 Å². The molecule has 0 fully saturated rings. The lowest BCUT2D eigenvalue weighted by Gasteiger charge is -2.18. The second kappa shape index (κ2) is 8.94. The lowest BCUT2D eigenvalue weighted by Crippen LogP contribution is -2.23. The van der Waals surface area contributed by atoms with Crippen molar-refractivity contribution in [3.05, 3.63) is 71.2 Å². The van der Waals surface area contributed by atoms with Crippen molar-refractivity contribution in [2.45, 2.75) is 17.8 Å². The predicted molar refractivity (Wildman–Crippen MR) is 117 cm³/mol. The van der Waals surface area contributed by atoms with Gasteiger partial charge < -0.3 is 4.57 Å². The summed E-state index contributed by atoms with van der Waals surface area (Å²) >= 11 is 2.64. The quantitative estimate of drug-likeness (QED) is 0.373. The summed E-state index contributed by atoms with van der Waals surface area (Å²) in [7, 11) is 1.77. The number of anilines is 2. The summed E-state index contributed by atoms with van der Waals surface area (Å²) in [5.74, 6) is -0.300. The van der Waals surface area contributed by atoms with E-state index < -0.39 is 5.82 Å². The monoisotopic (exact) mass is 457 g/mol. The maximum absolute atomic E-state index is 14.2. The van der Waals surface area contributed by atoms with Crippen molar-refractivity contribution in [3.63, 3.8) is 0 Å². The SMILES string of the molecule is CC(=O)N(c1nc(CSc2nnc(-c3ccccc3F)n2C)cs1)c1ccccc1F. The van der Waals surface area contributed by atoms with E-state index in [2.05, 4.69) is 15.2 Å². The average Bonchev–Trinajstić information content (AvgIpc) is 3.35. The number of amides is 1. The molecule has 0 saturated carbocycles. The van der Waals surface area contributed by atoms with Crippen LogP contribution in [0.25, 0.3) is 11.4 Å². The van der Waals surface area contributed by atoms with E-state index in [4.69, 9.17) is 0 Å². The summed E-state index contributed by atoms with van der Waals surface area (Å²) in [6.45, 7) is 1.37. The molecule has 2 heterocycles. The van der Waals surface area contributed by atoms with Gasteiger partial charge in [-0.05, 0) is 24.3 Å². The van der Waals surface area contributed by atoms with Gasteiger partial charge in [0.1, 0.15) is 11.6 Å². The Labute approximate surface area is 185 Å². The van der Waals surface area contributed by atoms with E-state index in [1.807, 2.05) is 5.38 Å². The fraction of sp³-hybridized carbons (Fsp3) is 0.143. The molecular weight excluding hydrogens is 440 g/mol. The second-order valence-corrected chi connectivity index (χ2v) is 8.34. The van der Waals surface area contributed by atoms with Gasteiger partial charge in [0.2, 0.25) is 5.91 Å². The number of thiazole rings is 1. The molecule has 4 rings (SSSR count). The number of rotatable bonds is 6. The molecule has 0 aliphatic rings. The summed E-state index contributed by atoms with van der Waals surface area (Å²) in [5.41, 5.74) is 1.25. The van der Waals surface area contributed by atoms with Crippen LogP contribution in [-0.4, -0.2) is 25.7 Å². The van der Waals surface area contributed by atoms with Gasteiger partial charge in [-0.15, -0.1) is 21.5 Å². The summed E-state index contributed by atoms with van der Waals surface area (Å²) in [6.07, 6.45) is 0. The molecule has 0 radical (unpaired) electrons. The van der Waals surface area contributed by atoms with Crippen LogP contribution in [0.1, 0.15) is 12.6 Å². The van der Waals surface area contributed by atoms with Crippen LogP contribution in [0.5, 0.6) is 0 Å². The minimum atomic E-state index is -0.497. The second-order valence-electron chi connectivity index (χ2n) is 6.56. The third-order valence-corrected chi connectivity index (χ3v) is 6.37. The highest BCUT2D eigenvalue weighted by atomic mass is 32.2. The maximum Gasteiger partial charge on any atom is 0.230 e. The summed E-state index contributed by atoms with van der Waals surface area (Å²) in [6, 6.07) is 12.5. The van der Waals surface area contributed by atoms with Gasteiger partial charge in [0.05, 0.1) is 16.9 Å². The lowest BCUT2D eigenvalue weighted by atomic mass is 10.2. The van der Waals surface area contributed by atoms with E-state index in [0.717, 1.165) is 0 Å². The molecule has 0 bridgehead atoms. The molecule has 0 aliphatic heterocycles. The number of hydrogen-bond donors (Lipinski definition) is 0. The molecule has 10 heteroatoms. The number of para-hydroxylation sites is 1. The van der Waals surface area contributed by atoms with E-state index in [-0.39, 0.29) is 17.4 Å². The molecule has 4 aromatic rings. The van der Waals surface area contributed by atoms with E-state index in [1.54, 1.807) is 41.9 Å². The average molecular weight is 458 g/mol. The first kappa shape index (κ1) is 21.1. The topological polar surface area (TPSA) is 63.9 Å². The molecule has 2 aromatic heterocycles. The van der Waals surface area contributed by atoms with E-state index >= 15 is 0 Å². The predicted octanol–water partition coefficient (Wildman–Crippen LogP) is 5.19. The highest BCUT2D eigenvalue weighted by molar-refractivity contribution is 7.98. The zero-order valence-electron chi connectivity index (χ0n) is 16.6. The Morgan fingerprint density at radius 1 is 1.10 bits per heavy atom. The van der Waals surface area contributed by atoms with Gasteiger partial charge in [0, 0.05) is 25.1 Å². The highest BCUT2D eigenvalue weighted by Gasteiger charge is 2.21. The first-order valence-corrected chi connectivity index (χ1v) is 11.1. The van der Waals surface area contributed by atoms with Gasteiger partial charge in [0.15, 0.2) is 16.1 Å². The van der Waals surface area contributed by atoms with Crippen LogP contribution >= 0.6 is 23.1 Å². The standard InChI is InChI=1S/C21H17F2N5OS2/c1-13(29)28(18-10-6-5-9-17(18)23)20-24-14(11-30-20)12-31-21-26-25-19(27(21)2)15-7-3-4-8-16(15)22/h3-11H,12H2,1-2H3. The van der Waals surface area contributed by atoms with Crippen LogP contribution in [-0.2, 0) is 17.6 Å². The van der Waals surface area contributed by atoms with Crippen LogP contribution in [0, 0.1) is 11.6 Å². The van der Waals surface area contributed by atoms with E-state index in [1.165, 1.54) is 53.1 Å². The Morgan fingerprint density at radius 3 is 2.52 bits per heavy atom. The zero-order chi connectivity index (χ0) is 22.0. The number of aromatic nitrogens is 4. The minimum Gasteiger partial charge on any atom is -0.305 e. The van der Waals surface area contributed by atoms with Crippen molar-refractivity contribution in [2.24, 2.45) is 7.05 Å². The molecule has 6 nitrogen and oxygen atoms in total. The van der Waals surface area contributed by atoms with Gasteiger partial charge >= 0.3 is 0 Å². The Bertz CT molecular complexity index is 1240. The summed E-state index contributed by atoms with van der Waals surface area (Å²) in [5, 5.41) is 11.1. The van der Waals surface area contributed by atoms with Gasteiger partial charge in [0.25, 0.3) is 0 Å². The molecule has 2 aromatic carbocycles. The molecule has 1 amide bonds. The zero-order valence-corrected chi connectivity index (χ0v) is 18.3. The Kier molecular flexibility index (Phi) is 6.10. The number of hydrogen-bond acceptors (Lipinski definition) is 6. The van der Waals surface area contributed by atoms with Gasteiger partial charge in [-0.2, -0.15) is 0 Å². The smallest absolute Gasteiger partial charge is 0.230 e. The lowest BCUT2D eigenvalue weighted by molar-refractivity contribution is -0.115. The molecule has 0 spiro atoms. The molecule has 0 unspecified atom stereocenters. The largest absolute Gasteiger partial charge is 0.305 e. The number of benzene rings is 2. The van der Waals surface area contributed by atoms with Gasteiger partial charge in [-0.3, -0.25) is 9.69 Å². The van der Waals surface area contributed by atoms with Crippen LogP contribution < -0.4 is 4.90 Å². The molecule has 31 heavy (non-hydrogen) atoms. The first-order valence-electron chi connectivity index (χ1n) is 9.22. The number of nitrogens with zero attached hydrogens (tertiary/aromatic N) is 5. The third-order valence-electron chi connectivity index (χ3n) is 4.44. The third kappa shape index (κ3) is 4.35. The van der Waals surface area contributed by atoms with Crippen LogP contribution in [0.4, 0.5) is 19.6 Å². The fourth-order valence-electron chi connectivity index (χ4n) is 2.96. The molecule has 0 atom stereocenters. The number of carbonyl (C=O) groups is 1. The minimum absolute atomic E-state index is 0.159. The first-order chi connectivity index (χ1) is 15.0. The number of carbonyl (C=O) groups excluding carboxylic acids is 1. The molecule has 0 aliphatic carbocycles. The summed E-state index contributed by atoms with van der Waals surface area (Å²) < 4.78 is 30.0.